The molecule has 11 nitrogen and oxygen atoms in total. The molecule has 11 heteroatoms. The summed E-state index contributed by atoms with van der Waals surface area (Å²) in [7, 11) is 0. The van der Waals surface area contributed by atoms with Crippen LogP contribution in [0.5, 0.6) is 0 Å². The predicted octanol–water partition coefficient (Wildman–Crippen LogP) is -0.319. The van der Waals surface area contributed by atoms with Crippen molar-refractivity contribution in [2.45, 2.75) is 51.7 Å². The van der Waals surface area contributed by atoms with Crippen LogP contribution in [0, 0.1) is 11.8 Å². The Morgan fingerprint density at radius 2 is 1.33 bits per heavy atom. The third-order valence-corrected chi connectivity index (χ3v) is 6.49. The number of carboxylic acid groups (broad SMARTS) is 3. The molecule has 0 aromatic rings. The Morgan fingerprint density at radius 3 is 1.79 bits per heavy atom. The van der Waals surface area contributed by atoms with Crippen LogP contribution < -0.4 is 5.73 Å². The molecule has 33 heavy (non-hydrogen) atoms. The number of hydrogen-bond acceptors (Lipinski definition) is 8. The molecule has 4 atom stereocenters. The molecule has 1 heterocycles. The van der Waals surface area contributed by atoms with Gasteiger partial charge in [-0.25, -0.2) is 0 Å². The first-order chi connectivity index (χ1) is 15.5. The fourth-order valence-electron chi connectivity index (χ4n) is 4.21. The minimum absolute atomic E-state index is 0.0513. The summed E-state index contributed by atoms with van der Waals surface area (Å²) in [5.74, 6) is -2.43. The number of aliphatic hydroxyl groups excluding tert-OH is 1. The van der Waals surface area contributed by atoms with Crippen molar-refractivity contribution in [3.8, 4) is 0 Å². The van der Waals surface area contributed by atoms with Gasteiger partial charge in [0.1, 0.15) is 0 Å². The zero-order valence-corrected chi connectivity index (χ0v) is 19.9. The molecule has 1 rings (SSSR count). The highest BCUT2D eigenvalue weighted by molar-refractivity contribution is 5.69. The summed E-state index contributed by atoms with van der Waals surface area (Å²) in [6, 6.07) is -0.421. The predicted molar refractivity (Wildman–Crippen MR) is 123 cm³/mol. The standard InChI is InChI=1S/C22H42N4O7/c1-16-5-7-24(14-21(30)31)9-11-26(13-19(27)17(2)23)12-10-25(15-22(32)33)8-6-18(16)3-4-20(28)29/h16-19,27H,3-15,23H2,1-2H3,(H,28,29)(H,30,31)(H,32,33). The number of β-amino-alcohol motifs (C(OH)–C–C–N with tert-alkyl or cyclic N) is 1. The minimum Gasteiger partial charge on any atom is -0.481 e. The quantitative estimate of drug-likeness (QED) is 0.281. The van der Waals surface area contributed by atoms with E-state index in [0.717, 1.165) is 6.42 Å². The van der Waals surface area contributed by atoms with E-state index in [1.165, 1.54) is 0 Å². The SMILES string of the molecule is CC(N)C(O)CN1CCN(CC(=O)O)CCC(C)C(CCC(=O)O)CCN(CC(=O)O)CC1. The molecule has 0 spiro atoms. The second-order valence-corrected chi connectivity index (χ2v) is 9.31. The molecule has 0 saturated carbocycles. The molecule has 0 aromatic carbocycles. The largest absolute Gasteiger partial charge is 0.481 e. The first-order valence-electron chi connectivity index (χ1n) is 11.7. The van der Waals surface area contributed by atoms with Crippen molar-refractivity contribution in [1.82, 2.24) is 14.7 Å². The summed E-state index contributed by atoms with van der Waals surface area (Å²) in [6.45, 7) is 6.97. The zero-order valence-electron chi connectivity index (χ0n) is 19.9. The Morgan fingerprint density at radius 1 is 0.848 bits per heavy atom. The molecule has 192 valence electrons. The molecule has 1 saturated heterocycles. The van der Waals surface area contributed by atoms with Crippen LogP contribution in [-0.4, -0.2) is 124 Å². The maximum atomic E-state index is 11.4. The van der Waals surface area contributed by atoms with E-state index >= 15 is 0 Å². The summed E-state index contributed by atoms with van der Waals surface area (Å²) >= 11 is 0. The molecule has 0 bridgehead atoms. The van der Waals surface area contributed by atoms with E-state index in [1.807, 2.05) is 14.7 Å². The highest BCUT2D eigenvalue weighted by Crippen LogP contribution is 2.25. The van der Waals surface area contributed by atoms with Crippen molar-refractivity contribution in [1.29, 1.82) is 0 Å². The van der Waals surface area contributed by atoms with Crippen molar-refractivity contribution in [2.75, 3.05) is 58.9 Å². The third kappa shape index (κ3) is 12.9. The number of aliphatic carboxylic acids is 3. The molecular formula is C22H42N4O7. The van der Waals surface area contributed by atoms with Crippen molar-refractivity contribution in [3.05, 3.63) is 0 Å². The number of aliphatic hydroxyl groups is 1. The first kappa shape index (κ1) is 29.2. The van der Waals surface area contributed by atoms with Crippen molar-refractivity contribution in [3.63, 3.8) is 0 Å². The van der Waals surface area contributed by atoms with Gasteiger partial charge < -0.3 is 26.2 Å². The van der Waals surface area contributed by atoms with Gasteiger partial charge in [-0.3, -0.25) is 29.1 Å². The van der Waals surface area contributed by atoms with Gasteiger partial charge in [-0.15, -0.1) is 0 Å². The monoisotopic (exact) mass is 474 g/mol. The Labute approximate surface area is 196 Å². The summed E-state index contributed by atoms with van der Waals surface area (Å²) in [4.78, 5) is 39.6. The summed E-state index contributed by atoms with van der Waals surface area (Å²) in [5, 5.41) is 38.1. The fraction of sp³-hybridized carbons (Fsp3) is 0.864. The van der Waals surface area contributed by atoms with Gasteiger partial charge in [-0.1, -0.05) is 6.92 Å². The highest BCUT2D eigenvalue weighted by atomic mass is 16.4. The lowest BCUT2D eigenvalue weighted by Crippen LogP contribution is -2.47. The number of nitrogens with two attached hydrogens (primary N) is 1. The van der Waals surface area contributed by atoms with Gasteiger partial charge in [0, 0.05) is 45.2 Å². The van der Waals surface area contributed by atoms with E-state index in [1.54, 1.807) is 6.92 Å². The second-order valence-electron chi connectivity index (χ2n) is 9.31. The van der Waals surface area contributed by atoms with Gasteiger partial charge in [0.15, 0.2) is 0 Å². The van der Waals surface area contributed by atoms with Crippen LogP contribution in [0.3, 0.4) is 0 Å². The number of carbonyl (C=O) groups is 3. The van der Waals surface area contributed by atoms with Crippen molar-refractivity contribution < 1.29 is 34.8 Å². The number of nitrogens with zero attached hydrogens (tertiary/aromatic N) is 3. The topological polar surface area (TPSA) is 168 Å². The van der Waals surface area contributed by atoms with E-state index in [-0.39, 0.29) is 31.3 Å². The van der Waals surface area contributed by atoms with E-state index in [4.69, 9.17) is 10.8 Å². The molecule has 0 aromatic heterocycles. The van der Waals surface area contributed by atoms with Gasteiger partial charge in [0.25, 0.3) is 0 Å². The molecule has 1 aliphatic heterocycles. The van der Waals surface area contributed by atoms with Crippen LogP contribution in [0.4, 0.5) is 0 Å². The lowest BCUT2D eigenvalue weighted by atomic mass is 9.84. The molecule has 6 N–H and O–H groups in total. The molecule has 1 aliphatic rings. The molecular weight excluding hydrogens is 432 g/mol. The van der Waals surface area contributed by atoms with E-state index in [0.29, 0.717) is 58.7 Å². The average Bonchev–Trinajstić information content (AvgIpc) is 2.71. The molecule has 0 amide bonds. The van der Waals surface area contributed by atoms with Crippen LogP contribution in [0.15, 0.2) is 0 Å². The van der Waals surface area contributed by atoms with Gasteiger partial charge in [0.2, 0.25) is 0 Å². The van der Waals surface area contributed by atoms with E-state index in [9.17, 15) is 29.7 Å². The average molecular weight is 475 g/mol. The Kier molecular flexibility index (Phi) is 13.4. The summed E-state index contributed by atoms with van der Waals surface area (Å²) in [6.07, 6.45) is 1.20. The van der Waals surface area contributed by atoms with Crippen LogP contribution in [0.25, 0.3) is 0 Å². The number of rotatable bonds is 10. The van der Waals surface area contributed by atoms with Gasteiger partial charge in [-0.2, -0.15) is 0 Å². The van der Waals surface area contributed by atoms with Crippen molar-refractivity contribution in [2.24, 2.45) is 17.6 Å². The lowest BCUT2D eigenvalue weighted by molar-refractivity contribution is -0.139. The maximum Gasteiger partial charge on any atom is 0.317 e. The third-order valence-electron chi connectivity index (χ3n) is 6.49. The van der Waals surface area contributed by atoms with Gasteiger partial charge in [-0.05, 0) is 51.1 Å². The van der Waals surface area contributed by atoms with Crippen molar-refractivity contribution >= 4 is 17.9 Å². The lowest BCUT2D eigenvalue weighted by Gasteiger charge is -2.31. The Bertz CT molecular complexity index is 620. The molecule has 4 unspecified atom stereocenters. The minimum atomic E-state index is -0.927. The smallest absolute Gasteiger partial charge is 0.317 e. The van der Waals surface area contributed by atoms with E-state index < -0.39 is 30.1 Å². The highest BCUT2D eigenvalue weighted by Gasteiger charge is 2.24. The maximum absolute atomic E-state index is 11.4. The van der Waals surface area contributed by atoms with Crippen LogP contribution in [0.1, 0.15) is 39.5 Å². The van der Waals surface area contributed by atoms with Crippen LogP contribution in [-0.2, 0) is 14.4 Å². The van der Waals surface area contributed by atoms with Crippen LogP contribution in [0.2, 0.25) is 0 Å². The molecule has 1 fully saturated rings. The van der Waals surface area contributed by atoms with Gasteiger partial charge >= 0.3 is 17.9 Å². The Balaban J connectivity index is 3.04. The van der Waals surface area contributed by atoms with Gasteiger partial charge in [0.05, 0.1) is 19.2 Å². The summed E-state index contributed by atoms with van der Waals surface area (Å²) < 4.78 is 0. The molecule has 0 radical (unpaired) electrons. The normalized spacial score (nSPS) is 24.7. The molecule has 0 aliphatic carbocycles. The first-order valence-corrected chi connectivity index (χ1v) is 11.7. The number of carboxylic acids is 3. The Hall–Kier alpha value is -1.79. The second kappa shape index (κ2) is 15.2. The number of hydrogen-bond donors (Lipinski definition) is 5. The zero-order chi connectivity index (χ0) is 25.0. The summed E-state index contributed by atoms with van der Waals surface area (Å²) in [5.41, 5.74) is 5.82. The van der Waals surface area contributed by atoms with E-state index in [2.05, 4.69) is 6.92 Å². The fourth-order valence-corrected chi connectivity index (χ4v) is 4.21. The van der Waals surface area contributed by atoms with Crippen LogP contribution >= 0.6 is 0 Å².